The van der Waals surface area contributed by atoms with E-state index in [1.807, 2.05) is 31.2 Å². The summed E-state index contributed by atoms with van der Waals surface area (Å²) in [5, 5.41) is 9.13. The second-order valence-electron chi connectivity index (χ2n) is 4.30. The van der Waals surface area contributed by atoms with E-state index in [-0.39, 0.29) is 0 Å². The van der Waals surface area contributed by atoms with Gasteiger partial charge in [0.2, 0.25) is 0 Å². The first kappa shape index (κ1) is 13.9. The number of aryl methyl sites for hydroxylation is 1. The smallest absolute Gasteiger partial charge is 0.179 e. The van der Waals surface area contributed by atoms with Crippen LogP contribution in [0.3, 0.4) is 0 Å². The lowest BCUT2D eigenvalue weighted by atomic mass is 10.2. The average molecular weight is 268 g/mol. The first-order valence-electron chi connectivity index (χ1n) is 6.35. The topological polar surface area (TPSA) is 68.3 Å². The van der Waals surface area contributed by atoms with Crippen LogP contribution in [-0.4, -0.2) is 13.2 Å². The number of benzene rings is 2. The summed E-state index contributed by atoms with van der Waals surface area (Å²) in [6.07, 6.45) is 0. The van der Waals surface area contributed by atoms with E-state index in [0.717, 1.165) is 5.56 Å². The van der Waals surface area contributed by atoms with Crippen LogP contribution in [0.1, 0.15) is 11.1 Å². The molecule has 0 saturated heterocycles. The summed E-state index contributed by atoms with van der Waals surface area (Å²) < 4.78 is 11.3. The van der Waals surface area contributed by atoms with Crippen molar-refractivity contribution in [3.05, 3.63) is 53.6 Å². The lowest BCUT2D eigenvalue weighted by molar-refractivity contribution is 0.310. The normalized spacial score (nSPS) is 9.85. The third-order valence-corrected chi connectivity index (χ3v) is 2.71. The van der Waals surface area contributed by atoms with Crippen LogP contribution in [0, 0.1) is 18.3 Å². The summed E-state index contributed by atoms with van der Waals surface area (Å²) >= 11 is 0. The molecule has 0 aliphatic rings. The van der Waals surface area contributed by atoms with Crippen LogP contribution in [0.4, 0.5) is 0 Å². The van der Waals surface area contributed by atoms with Gasteiger partial charge >= 0.3 is 0 Å². The van der Waals surface area contributed by atoms with E-state index in [4.69, 9.17) is 20.5 Å². The molecule has 0 radical (unpaired) electrons. The quantitative estimate of drug-likeness (QED) is 0.905. The Morgan fingerprint density at radius 3 is 2.55 bits per heavy atom. The van der Waals surface area contributed by atoms with Gasteiger partial charge < -0.3 is 15.2 Å². The van der Waals surface area contributed by atoms with E-state index in [2.05, 4.69) is 6.07 Å². The number of nitrogens with zero attached hydrogens (tertiary/aromatic N) is 1. The van der Waals surface area contributed by atoms with Crippen molar-refractivity contribution >= 4 is 0 Å². The molecule has 2 aromatic rings. The minimum atomic E-state index is 0.336. The Labute approximate surface area is 118 Å². The van der Waals surface area contributed by atoms with Crippen LogP contribution < -0.4 is 15.2 Å². The van der Waals surface area contributed by atoms with Gasteiger partial charge in [-0.05, 0) is 31.2 Å². The van der Waals surface area contributed by atoms with Gasteiger partial charge in [-0.25, -0.2) is 0 Å². The predicted molar refractivity (Wildman–Crippen MR) is 77.0 cm³/mol. The Morgan fingerprint density at radius 1 is 1.15 bits per heavy atom. The van der Waals surface area contributed by atoms with Crippen molar-refractivity contribution < 1.29 is 9.47 Å². The Bertz CT molecular complexity index is 615. The molecule has 2 N–H and O–H groups in total. The molecule has 0 atom stereocenters. The number of ether oxygens (including phenoxy) is 2. The Morgan fingerprint density at radius 2 is 1.90 bits per heavy atom. The standard InChI is InChI=1S/C16H16N2O2/c1-12-5-7-14(8-6-12)20-15-4-2-3-13(11-18)16(15)19-10-9-17/h2-8H,9-10,17H2,1H3. The summed E-state index contributed by atoms with van der Waals surface area (Å²) in [4.78, 5) is 0. The van der Waals surface area contributed by atoms with Gasteiger partial charge in [0, 0.05) is 6.54 Å². The van der Waals surface area contributed by atoms with E-state index in [1.54, 1.807) is 18.2 Å². The third kappa shape index (κ3) is 3.28. The number of hydrogen-bond acceptors (Lipinski definition) is 4. The van der Waals surface area contributed by atoms with E-state index in [0.29, 0.717) is 36.0 Å². The highest BCUT2D eigenvalue weighted by Crippen LogP contribution is 2.34. The maximum Gasteiger partial charge on any atom is 0.179 e. The van der Waals surface area contributed by atoms with Gasteiger partial charge in [0.15, 0.2) is 11.5 Å². The van der Waals surface area contributed by atoms with E-state index in [1.165, 1.54) is 0 Å². The SMILES string of the molecule is Cc1ccc(Oc2cccc(C#N)c2OCCN)cc1. The molecule has 4 nitrogen and oxygen atoms in total. The molecule has 0 aliphatic heterocycles. The van der Waals surface area contributed by atoms with Gasteiger partial charge in [-0.3, -0.25) is 0 Å². The van der Waals surface area contributed by atoms with Crippen LogP contribution in [0.5, 0.6) is 17.2 Å². The second-order valence-corrected chi connectivity index (χ2v) is 4.30. The highest BCUT2D eigenvalue weighted by molar-refractivity contribution is 5.53. The van der Waals surface area contributed by atoms with Crippen LogP contribution in [0.15, 0.2) is 42.5 Å². The predicted octanol–water partition coefficient (Wildman–Crippen LogP) is 3.00. The van der Waals surface area contributed by atoms with Gasteiger partial charge in [-0.15, -0.1) is 0 Å². The monoisotopic (exact) mass is 268 g/mol. The molecule has 2 rings (SSSR count). The molecule has 102 valence electrons. The fourth-order valence-electron chi connectivity index (χ4n) is 1.73. The van der Waals surface area contributed by atoms with Crippen molar-refractivity contribution in [2.75, 3.05) is 13.2 Å². The number of nitriles is 1. The van der Waals surface area contributed by atoms with Gasteiger partial charge in [0.05, 0.1) is 5.56 Å². The van der Waals surface area contributed by atoms with Gasteiger partial charge in [-0.2, -0.15) is 5.26 Å². The van der Waals surface area contributed by atoms with Crippen LogP contribution in [0.25, 0.3) is 0 Å². The zero-order valence-corrected chi connectivity index (χ0v) is 11.3. The molecule has 0 fully saturated rings. The van der Waals surface area contributed by atoms with E-state index < -0.39 is 0 Å². The summed E-state index contributed by atoms with van der Waals surface area (Å²) in [5.74, 6) is 1.64. The largest absolute Gasteiger partial charge is 0.487 e. The molecule has 0 bridgehead atoms. The Hall–Kier alpha value is -2.51. The third-order valence-electron chi connectivity index (χ3n) is 2.71. The summed E-state index contributed by atoms with van der Waals surface area (Å²) in [7, 11) is 0. The minimum Gasteiger partial charge on any atom is -0.487 e. The zero-order chi connectivity index (χ0) is 14.4. The molecular weight excluding hydrogens is 252 g/mol. The van der Waals surface area contributed by atoms with E-state index in [9.17, 15) is 0 Å². The Balaban J connectivity index is 2.30. The molecule has 0 aliphatic carbocycles. The first-order valence-corrected chi connectivity index (χ1v) is 6.35. The molecule has 0 spiro atoms. The molecule has 2 aromatic carbocycles. The van der Waals surface area contributed by atoms with Crippen molar-refractivity contribution in [3.8, 4) is 23.3 Å². The van der Waals surface area contributed by atoms with Crippen molar-refractivity contribution in [3.63, 3.8) is 0 Å². The summed E-state index contributed by atoms with van der Waals surface area (Å²) in [6, 6.07) is 15.0. The van der Waals surface area contributed by atoms with Gasteiger partial charge in [-0.1, -0.05) is 23.8 Å². The molecular formula is C16H16N2O2. The number of rotatable bonds is 5. The minimum absolute atomic E-state index is 0.336. The van der Waals surface area contributed by atoms with Crippen molar-refractivity contribution in [2.24, 2.45) is 5.73 Å². The number of hydrogen-bond donors (Lipinski definition) is 1. The molecule has 0 saturated carbocycles. The highest BCUT2D eigenvalue weighted by Gasteiger charge is 2.11. The average Bonchev–Trinajstić information content (AvgIpc) is 2.48. The fraction of sp³-hybridized carbons (Fsp3) is 0.188. The molecule has 0 aromatic heterocycles. The van der Waals surface area contributed by atoms with Crippen LogP contribution in [-0.2, 0) is 0 Å². The van der Waals surface area contributed by atoms with Gasteiger partial charge in [0.1, 0.15) is 18.4 Å². The summed E-state index contributed by atoms with van der Waals surface area (Å²) in [5.41, 5.74) is 7.03. The lowest BCUT2D eigenvalue weighted by Gasteiger charge is -2.13. The maximum absolute atomic E-state index is 9.13. The number of para-hydroxylation sites is 1. The number of nitrogens with two attached hydrogens (primary N) is 1. The molecule has 0 heterocycles. The van der Waals surface area contributed by atoms with Crippen molar-refractivity contribution in [1.29, 1.82) is 5.26 Å². The molecule has 0 amide bonds. The first-order chi connectivity index (χ1) is 9.74. The molecule has 0 unspecified atom stereocenters. The molecule has 20 heavy (non-hydrogen) atoms. The van der Waals surface area contributed by atoms with E-state index >= 15 is 0 Å². The second kappa shape index (κ2) is 6.60. The van der Waals surface area contributed by atoms with Crippen LogP contribution >= 0.6 is 0 Å². The molecule has 4 heteroatoms. The fourth-order valence-corrected chi connectivity index (χ4v) is 1.73. The zero-order valence-electron chi connectivity index (χ0n) is 11.3. The Kier molecular flexibility index (Phi) is 4.59. The van der Waals surface area contributed by atoms with Crippen molar-refractivity contribution in [1.82, 2.24) is 0 Å². The maximum atomic E-state index is 9.13. The van der Waals surface area contributed by atoms with Crippen LogP contribution in [0.2, 0.25) is 0 Å². The highest BCUT2D eigenvalue weighted by atomic mass is 16.5. The van der Waals surface area contributed by atoms with Crippen molar-refractivity contribution in [2.45, 2.75) is 6.92 Å². The lowest BCUT2D eigenvalue weighted by Crippen LogP contribution is -2.11. The summed E-state index contributed by atoms with van der Waals surface area (Å²) in [6.45, 7) is 2.72. The van der Waals surface area contributed by atoms with Gasteiger partial charge in [0.25, 0.3) is 0 Å².